The summed E-state index contributed by atoms with van der Waals surface area (Å²) in [6.07, 6.45) is 9.77. The molecule has 0 bridgehead atoms. The lowest BCUT2D eigenvalue weighted by molar-refractivity contribution is -0.254. The number of aliphatic hydroxyl groups excluding tert-OH is 2. The van der Waals surface area contributed by atoms with Crippen molar-refractivity contribution >= 4 is 11.6 Å². The number of amides is 1. The Morgan fingerprint density at radius 3 is 2.52 bits per heavy atom. The number of carbonyl (C=O) groups excluding carboxylic acids is 1. The number of hydrogen-bond donors (Lipinski definition) is 2. The standard InChI is InChI=1S/C49H63N3O9/c1-7-22-52(47(55)34-18-20-42-43(27-34)58-31-57-42)44-29-40(51-61-48(4,5)6)38-26-33(15-9-11-23-53)37(17-10-12-24-54)45-39-28-36(56-30-35-16-13-14-32(3)50-35)19-21-41(39)60-49(44,46(38)45)59-25-8-2/h8,13-14,16,18-21,26-28,33,37,44-46,53-54H,2,7,9-12,15,17,22-25,29-31H2,1,3-6H3/t33-,37+,44-,45+,46+,49+/m0/s1. The second-order valence-electron chi connectivity index (χ2n) is 17.6. The van der Waals surface area contributed by atoms with Gasteiger partial charge < -0.3 is 43.6 Å². The number of oxime groups is 1. The van der Waals surface area contributed by atoms with Gasteiger partial charge in [0, 0.05) is 48.9 Å². The van der Waals surface area contributed by atoms with Gasteiger partial charge >= 0.3 is 0 Å². The quantitative estimate of drug-likeness (QED) is 0.0685. The van der Waals surface area contributed by atoms with Gasteiger partial charge in [-0.15, -0.1) is 6.58 Å². The van der Waals surface area contributed by atoms with Gasteiger partial charge in [-0.1, -0.05) is 43.1 Å². The molecule has 3 aromatic rings. The van der Waals surface area contributed by atoms with Crippen molar-refractivity contribution in [3.05, 3.63) is 101 Å². The fraction of sp³-hybridized carbons (Fsp3) is 0.531. The minimum atomic E-state index is -1.38. The van der Waals surface area contributed by atoms with E-state index in [1.54, 1.807) is 24.3 Å². The zero-order chi connectivity index (χ0) is 43.1. The van der Waals surface area contributed by atoms with Crippen LogP contribution in [-0.4, -0.2) is 82.3 Å². The number of carbonyl (C=O) groups is 1. The van der Waals surface area contributed by atoms with E-state index in [0.717, 1.165) is 53.9 Å². The van der Waals surface area contributed by atoms with Crippen LogP contribution in [0, 0.1) is 24.7 Å². The first-order valence-corrected chi connectivity index (χ1v) is 22.0. The SMILES string of the molecule is C=CCO[C@@]12Oc3ccc(OCc4cccc(C)n4)cc3[C@H]3[C@H](CCCCO)[C@@H](CCCCO)C=C(C(=NOC(C)(C)C)C[C@@H]1N(CCC)C(=O)c1ccc4c(c1)OCO4)[C@H]32. The van der Waals surface area contributed by atoms with Crippen LogP contribution in [0.25, 0.3) is 0 Å². The Kier molecular flexibility index (Phi) is 14.1. The molecule has 1 fully saturated rings. The van der Waals surface area contributed by atoms with E-state index in [9.17, 15) is 10.2 Å². The molecule has 12 heteroatoms. The van der Waals surface area contributed by atoms with Crippen LogP contribution in [0.5, 0.6) is 23.0 Å². The van der Waals surface area contributed by atoms with Crippen LogP contribution in [0.4, 0.5) is 0 Å². The predicted molar refractivity (Wildman–Crippen MR) is 233 cm³/mol. The van der Waals surface area contributed by atoms with Gasteiger partial charge in [-0.2, -0.15) is 0 Å². The largest absolute Gasteiger partial charge is 0.487 e. The van der Waals surface area contributed by atoms with Gasteiger partial charge in [0.25, 0.3) is 5.91 Å². The predicted octanol–water partition coefficient (Wildman–Crippen LogP) is 8.68. The van der Waals surface area contributed by atoms with Crippen molar-refractivity contribution in [2.75, 3.05) is 33.2 Å². The molecule has 2 N–H and O–H groups in total. The molecule has 0 saturated heterocycles. The van der Waals surface area contributed by atoms with E-state index in [1.165, 1.54) is 0 Å². The summed E-state index contributed by atoms with van der Waals surface area (Å²) < 4.78 is 32.3. The molecule has 2 aliphatic carbocycles. The van der Waals surface area contributed by atoms with Crippen molar-refractivity contribution in [1.82, 2.24) is 9.88 Å². The summed E-state index contributed by atoms with van der Waals surface area (Å²) in [7, 11) is 0. The van der Waals surface area contributed by atoms with E-state index < -0.39 is 23.3 Å². The van der Waals surface area contributed by atoms with Crippen LogP contribution in [0.2, 0.25) is 0 Å². The molecule has 12 nitrogen and oxygen atoms in total. The second-order valence-corrected chi connectivity index (χ2v) is 17.6. The lowest BCUT2D eigenvalue weighted by Crippen LogP contribution is -2.70. The van der Waals surface area contributed by atoms with Gasteiger partial charge in [0.1, 0.15) is 29.7 Å². The van der Waals surface area contributed by atoms with Crippen molar-refractivity contribution in [3.8, 4) is 23.0 Å². The molecule has 1 aromatic heterocycles. The maximum absolute atomic E-state index is 15.1. The van der Waals surface area contributed by atoms with Crippen LogP contribution in [0.3, 0.4) is 0 Å². The third-order valence-electron chi connectivity index (χ3n) is 12.1. The highest BCUT2D eigenvalue weighted by atomic mass is 16.7. The van der Waals surface area contributed by atoms with Crippen molar-refractivity contribution in [2.24, 2.45) is 22.9 Å². The van der Waals surface area contributed by atoms with Gasteiger partial charge in [-0.05, 0) is 126 Å². The third kappa shape index (κ3) is 9.61. The number of rotatable bonds is 19. The summed E-state index contributed by atoms with van der Waals surface area (Å²) in [5.41, 5.74) is 4.35. The number of hydrogen-bond acceptors (Lipinski definition) is 11. The van der Waals surface area contributed by atoms with Gasteiger partial charge in [0.05, 0.1) is 23.9 Å². The van der Waals surface area contributed by atoms with E-state index in [1.807, 2.05) is 62.9 Å². The summed E-state index contributed by atoms with van der Waals surface area (Å²) in [5, 5.41) is 24.9. The zero-order valence-electron chi connectivity index (χ0n) is 36.4. The molecular weight excluding hydrogens is 775 g/mol. The molecule has 7 rings (SSSR count). The molecule has 0 spiro atoms. The summed E-state index contributed by atoms with van der Waals surface area (Å²) in [5.74, 6) is 0.475. The van der Waals surface area contributed by atoms with Crippen molar-refractivity contribution in [2.45, 2.75) is 116 Å². The van der Waals surface area contributed by atoms with Crippen LogP contribution < -0.4 is 18.9 Å². The Labute approximate surface area is 360 Å². The molecule has 3 heterocycles. The zero-order valence-corrected chi connectivity index (χ0v) is 36.4. The Bertz CT molecular complexity index is 2080. The van der Waals surface area contributed by atoms with Gasteiger partial charge in [-0.25, -0.2) is 0 Å². The van der Waals surface area contributed by atoms with Gasteiger partial charge in [0.2, 0.25) is 12.6 Å². The first-order chi connectivity index (χ1) is 29.5. The minimum absolute atomic E-state index is 0.0785. The number of nitrogens with zero attached hydrogens (tertiary/aromatic N) is 3. The van der Waals surface area contributed by atoms with Crippen LogP contribution in [-0.2, 0) is 16.2 Å². The molecule has 4 aliphatic rings. The molecule has 1 saturated carbocycles. The highest BCUT2D eigenvalue weighted by Gasteiger charge is 2.65. The van der Waals surface area contributed by atoms with E-state index in [-0.39, 0.29) is 50.3 Å². The molecule has 328 valence electrons. The van der Waals surface area contributed by atoms with Crippen LogP contribution in [0.1, 0.15) is 112 Å². The second kappa shape index (κ2) is 19.4. The summed E-state index contributed by atoms with van der Waals surface area (Å²) >= 11 is 0. The molecule has 2 aromatic carbocycles. The molecule has 2 aliphatic heterocycles. The van der Waals surface area contributed by atoms with Crippen molar-refractivity contribution in [3.63, 3.8) is 0 Å². The van der Waals surface area contributed by atoms with Crippen molar-refractivity contribution < 1.29 is 43.5 Å². The summed E-state index contributed by atoms with van der Waals surface area (Å²) in [6.45, 7) is 15.2. The number of benzene rings is 2. The van der Waals surface area contributed by atoms with E-state index >= 15 is 4.79 Å². The molecule has 1 amide bonds. The Hall–Kier alpha value is -4.91. The van der Waals surface area contributed by atoms with E-state index in [0.29, 0.717) is 67.4 Å². The number of ether oxygens (including phenoxy) is 5. The topological polar surface area (TPSA) is 141 Å². The fourth-order valence-electron chi connectivity index (χ4n) is 9.60. The molecule has 61 heavy (non-hydrogen) atoms. The Morgan fingerprint density at radius 1 is 1.02 bits per heavy atom. The molecule has 0 unspecified atom stereocenters. The third-order valence-corrected chi connectivity index (χ3v) is 12.1. The maximum Gasteiger partial charge on any atom is 0.254 e. The first-order valence-electron chi connectivity index (χ1n) is 22.0. The number of allylic oxidation sites excluding steroid dienone is 1. The smallest absolute Gasteiger partial charge is 0.254 e. The first kappa shape index (κ1) is 44.2. The van der Waals surface area contributed by atoms with Crippen molar-refractivity contribution in [1.29, 1.82) is 0 Å². The maximum atomic E-state index is 15.1. The molecule has 0 radical (unpaired) electrons. The lowest BCUT2D eigenvalue weighted by Gasteiger charge is -2.60. The summed E-state index contributed by atoms with van der Waals surface area (Å²) in [4.78, 5) is 27.9. The number of aliphatic hydroxyl groups is 2. The molecular formula is C49H63N3O9. The number of pyridine rings is 1. The average Bonchev–Trinajstić information content (AvgIpc) is 3.72. The van der Waals surface area contributed by atoms with E-state index in [4.69, 9.17) is 33.7 Å². The number of unbranched alkanes of at least 4 members (excludes halogenated alkanes) is 2. The fourth-order valence-corrected chi connectivity index (χ4v) is 9.60. The van der Waals surface area contributed by atoms with E-state index in [2.05, 4.69) is 30.6 Å². The Balaban J connectivity index is 1.43. The number of aromatic nitrogens is 1. The normalized spacial score (nSPS) is 24.3. The van der Waals surface area contributed by atoms with Gasteiger partial charge in [0.15, 0.2) is 11.5 Å². The van der Waals surface area contributed by atoms with Gasteiger partial charge in [-0.3, -0.25) is 9.78 Å². The van der Waals surface area contributed by atoms with Crippen LogP contribution >= 0.6 is 0 Å². The van der Waals surface area contributed by atoms with Crippen LogP contribution in [0.15, 0.2) is 84.1 Å². The minimum Gasteiger partial charge on any atom is -0.487 e. The number of aryl methyl sites for hydroxylation is 1. The highest BCUT2D eigenvalue weighted by Crippen LogP contribution is 2.62. The highest BCUT2D eigenvalue weighted by molar-refractivity contribution is 6.03. The summed E-state index contributed by atoms with van der Waals surface area (Å²) in [6, 6.07) is 16.6. The Morgan fingerprint density at radius 2 is 1.79 bits per heavy atom. The molecule has 6 atom stereocenters. The average molecular weight is 838 g/mol. The lowest BCUT2D eigenvalue weighted by atomic mass is 9.55. The number of fused-ring (bicyclic) bond motifs is 3. The monoisotopic (exact) mass is 837 g/mol.